The number of hydrogen-bond donors (Lipinski definition) is 1. The van der Waals surface area contributed by atoms with Gasteiger partial charge in [0.2, 0.25) is 5.13 Å². The van der Waals surface area contributed by atoms with Crippen molar-refractivity contribution < 1.29 is 0 Å². The third kappa shape index (κ3) is 3.67. The van der Waals surface area contributed by atoms with Crippen LogP contribution in [-0.4, -0.2) is 24.1 Å². The topological polar surface area (TPSA) is 68.5 Å². The molecule has 0 spiro atoms. The summed E-state index contributed by atoms with van der Waals surface area (Å²) in [5, 5.41) is 8.33. The first kappa shape index (κ1) is 14.6. The lowest BCUT2D eigenvalue weighted by atomic mass is 10.1. The molecule has 0 aliphatic rings. The van der Waals surface area contributed by atoms with Crippen molar-refractivity contribution in [1.82, 2.24) is 24.1 Å². The lowest BCUT2D eigenvalue weighted by Gasteiger charge is -2.06. The number of benzene rings is 1. The molecule has 1 N–H and O–H groups in total. The second kappa shape index (κ2) is 6.65. The summed E-state index contributed by atoms with van der Waals surface area (Å²) < 4.78 is 6.16. The van der Waals surface area contributed by atoms with E-state index in [9.17, 15) is 0 Å². The van der Waals surface area contributed by atoms with Crippen molar-refractivity contribution in [1.29, 1.82) is 0 Å². The molecule has 0 atom stereocenters. The summed E-state index contributed by atoms with van der Waals surface area (Å²) >= 11 is 1.41. The Morgan fingerprint density at radius 3 is 2.86 bits per heavy atom. The Hall–Kier alpha value is -2.28. The Kier molecular flexibility index (Phi) is 4.43. The Bertz CT molecular complexity index is 719. The number of hydrogen-bond acceptors (Lipinski definition) is 6. The van der Waals surface area contributed by atoms with Gasteiger partial charge in [-0.05, 0) is 11.1 Å². The van der Waals surface area contributed by atoms with Gasteiger partial charge in [-0.1, -0.05) is 38.1 Å². The molecular weight excluding hydrogens is 296 g/mol. The van der Waals surface area contributed by atoms with E-state index in [1.54, 1.807) is 12.7 Å². The molecule has 0 aliphatic carbocycles. The number of nitrogens with zero attached hydrogens (tertiary/aromatic N) is 5. The molecule has 22 heavy (non-hydrogen) atoms. The summed E-state index contributed by atoms with van der Waals surface area (Å²) in [6.45, 7) is 5.65. The largest absolute Gasteiger partial charge is 0.356 e. The van der Waals surface area contributed by atoms with Gasteiger partial charge in [0.25, 0.3) is 0 Å². The first-order valence-corrected chi connectivity index (χ1v) is 7.96. The Balaban J connectivity index is 1.62. The predicted octanol–water partition coefficient (Wildman–Crippen LogP) is 2.91. The number of rotatable bonds is 6. The minimum absolute atomic E-state index is 0.359. The highest BCUT2D eigenvalue weighted by Crippen LogP contribution is 2.18. The van der Waals surface area contributed by atoms with Crippen molar-refractivity contribution in [3.05, 3.63) is 53.9 Å². The molecule has 2 aromatic heterocycles. The monoisotopic (exact) mass is 314 g/mol. The smallest absolute Gasteiger partial charge is 0.202 e. The maximum Gasteiger partial charge on any atom is 0.202 e. The lowest BCUT2D eigenvalue weighted by molar-refractivity contribution is 0.684. The zero-order valence-corrected chi connectivity index (χ0v) is 13.4. The fourth-order valence-corrected chi connectivity index (χ4v) is 2.76. The van der Waals surface area contributed by atoms with Crippen molar-refractivity contribution in [3.63, 3.8) is 0 Å². The van der Waals surface area contributed by atoms with Crippen LogP contribution in [-0.2, 0) is 13.1 Å². The van der Waals surface area contributed by atoms with Crippen LogP contribution >= 0.6 is 11.5 Å². The third-order valence-corrected chi connectivity index (χ3v) is 3.89. The molecule has 6 nitrogen and oxygen atoms in total. The molecule has 0 unspecified atom stereocenters. The van der Waals surface area contributed by atoms with Crippen LogP contribution in [0.3, 0.4) is 0 Å². The third-order valence-electron chi connectivity index (χ3n) is 3.20. The van der Waals surface area contributed by atoms with E-state index in [4.69, 9.17) is 0 Å². The minimum atomic E-state index is 0.359. The van der Waals surface area contributed by atoms with Crippen LogP contribution in [0, 0.1) is 0 Å². The zero-order chi connectivity index (χ0) is 15.4. The highest BCUT2D eigenvalue weighted by Gasteiger charge is 2.07. The van der Waals surface area contributed by atoms with Crippen LogP contribution in [0.1, 0.15) is 36.7 Å². The Morgan fingerprint density at radius 2 is 2.14 bits per heavy atom. The fraction of sp³-hybridized carbons (Fsp3) is 0.333. The van der Waals surface area contributed by atoms with Gasteiger partial charge in [-0.3, -0.25) is 0 Å². The van der Waals surface area contributed by atoms with E-state index < -0.39 is 0 Å². The normalized spacial score (nSPS) is 11.0. The minimum Gasteiger partial charge on any atom is -0.356 e. The molecule has 0 bridgehead atoms. The maximum absolute atomic E-state index is 4.48. The van der Waals surface area contributed by atoms with Gasteiger partial charge in [-0.15, -0.1) is 0 Å². The van der Waals surface area contributed by atoms with E-state index >= 15 is 0 Å². The van der Waals surface area contributed by atoms with Crippen LogP contribution in [0.4, 0.5) is 5.13 Å². The molecule has 3 aromatic rings. The molecule has 2 heterocycles. The van der Waals surface area contributed by atoms with Gasteiger partial charge >= 0.3 is 0 Å². The maximum atomic E-state index is 4.48. The van der Waals surface area contributed by atoms with E-state index in [2.05, 4.69) is 62.9 Å². The van der Waals surface area contributed by atoms with E-state index in [1.807, 2.05) is 4.68 Å². The van der Waals surface area contributed by atoms with E-state index in [0.717, 1.165) is 24.0 Å². The standard InChI is InChI=1S/C15H18N6S/c1-11(2)14-19-15(22-20-14)17-7-12-4-3-5-13(6-12)8-21-10-16-9-18-21/h3-6,9-11H,7-8H2,1-2H3,(H,17,19,20). The molecule has 0 aliphatic heterocycles. The van der Waals surface area contributed by atoms with Crippen LogP contribution in [0.5, 0.6) is 0 Å². The van der Waals surface area contributed by atoms with E-state index in [0.29, 0.717) is 5.92 Å². The van der Waals surface area contributed by atoms with Gasteiger partial charge in [0.15, 0.2) is 0 Å². The summed E-state index contributed by atoms with van der Waals surface area (Å²) in [4.78, 5) is 8.44. The molecule has 3 rings (SSSR count). The van der Waals surface area contributed by atoms with Gasteiger partial charge in [-0.2, -0.15) is 9.47 Å². The van der Waals surface area contributed by atoms with E-state index in [-0.39, 0.29) is 0 Å². The second-order valence-electron chi connectivity index (χ2n) is 5.38. The molecular formula is C15H18N6S. The van der Waals surface area contributed by atoms with Crippen molar-refractivity contribution in [2.24, 2.45) is 0 Å². The molecule has 0 saturated carbocycles. The Morgan fingerprint density at radius 1 is 1.27 bits per heavy atom. The van der Waals surface area contributed by atoms with Crippen molar-refractivity contribution in [3.8, 4) is 0 Å². The average molecular weight is 314 g/mol. The van der Waals surface area contributed by atoms with E-state index in [1.165, 1.54) is 22.7 Å². The molecule has 7 heteroatoms. The first-order chi connectivity index (χ1) is 10.7. The lowest BCUT2D eigenvalue weighted by Crippen LogP contribution is -2.03. The summed E-state index contributed by atoms with van der Waals surface area (Å²) in [7, 11) is 0. The fourth-order valence-electron chi connectivity index (χ4n) is 2.06. The molecule has 1 aromatic carbocycles. The Labute approximate surface area is 133 Å². The first-order valence-electron chi connectivity index (χ1n) is 7.18. The summed E-state index contributed by atoms with van der Waals surface area (Å²) in [5.41, 5.74) is 2.41. The SMILES string of the molecule is CC(C)c1nsc(NCc2cccc(Cn3cncn3)c2)n1. The molecule has 0 saturated heterocycles. The highest BCUT2D eigenvalue weighted by atomic mass is 32.1. The van der Waals surface area contributed by atoms with Gasteiger partial charge in [0.1, 0.15) is 18.5 Å². The summed E-state index contributed by atoms with van der Waals surface area (Å²) in [5.74, 6) is 1.25. The average Bonchev–Trinajstić information content (AvgIpc) is 3.17. The van der Waals surface area contributed by atoms with Crippen molar-refractivity contribution >= 4 is 16.7 Å². The number of nitrogens with one attached hydrogen (secondary N) is 1. The number of anilines is 1. The van der Waals surface area contributed by atoms with Gasteiger partial charge in [0, 0.05) is 24.0 Å². The zero-order valence-electron chi connectivity index (χ0n) is 12.6. The van der Waals surface area contributed by atoms with Crippen LogP contribution < -0.4 is 5.32 Å². The van der Waals surface area contributed by atoms with Crippen molar-refractivity contribution in [2.75, 3.05) is 5.32 Å². The summed E-state index contributed by atoms with van der Waals surface area (Å²) in [6.07, 6.45) is 3.27. The molecule has 0 radical (unpaired) electrons. The predicted molar refractivity (Wildman–Crippen MR) is 86.9 cm³/mol. The molecule has 114 valence electrons. The van der Waals surface area contributed by atoms with Crippen LogP contribution in [0.25, 0.3) is 0 Å². The van der Waals surface area contributed by atoms with Crippen LogP contribution in [0.15, 0.2) is 36.9 Å². The molecule has 0 fully saturated rings. The van der Waals surface area contributed by atoms with Gasteiger partial charge in [0.05, 0.1) is 6.54 Å². The second-order valence-corrected chi connectivity index (χ2v) is 6.13. The van der Waals surface area contributed by atoms with Crippen LogP contribution in [0.2, 0.25) is 0 Å². The van der Waals surface area contributed by atoms with Crippen molar-refractivity contribution in [2.45, 2.75) is 32.9 Å². The van der Waals surface area contributed by atoms with Gasteiger partial charge in [-0.25, -0.2) is 14.6 Å². The highest BCUT2D eigenvalue weighted by molar-refractivity contribution is 7.09. The van der Waals surface area contributed by atoms with Gasteiger partial charge < -0.3 is 5.32 Å². The molecule has 0 amide bonds. The number of aromatic nitrogens is 5. The quantitative estimate of drug-likeness (QED) is 0.757. The summed E-state index contributed by atoms with van der Waals surface area (Å²) in [6, 6.07) is 8.41.